The van der Waals surface area contributed by atoms with Crippen LogP contribution in [0.1, 0.15) is 125 Å². The highest BCUT2D eigenvalue weighted by molar-refractivity contribution is 5.99. The van der Waals surface area contributed by atoms with Gasteiger partial charge in [0.2, 0.25) is 41.4 Å². The van der Waals surface area contributed by atoms with E-state index in [-0.39, 0.29) is 37.2 Å². The number of likely N-dealkylation sites (N-methyl/N-ethyl adjacent to an activating group) is 3. The number of carboxylic acids is 1. The number of methoxy groups -OCH3 is 2. The third kappa shape index (κ3) is 19.8. The number of aliphatic hydroxyl groups is 1. The maximum absolute atomic E-state index is 14.7. The number of ether oxygens (including phenoxy) is 3. The third-order valence-electron chi connectivity index (χ3n) is 15.5. The van der Waals surface area contributed by atoms with Gasteiger partial charge in [0, 0.05) is 47.0 Å². The van der Waals surface area contributed by atoms with Crippen molar-refractivity contribution in [2.24, 2.45) is 23.7 Å². The highest BCUT2D eigenvalue weighted by atomic mass is 16.6. The number of hydrogen-bond acceptors (Lipinski definition) is 14. The number of aliphatic carboxylic acids is 1. The van der Waals surface area contributed by atoms with E-state index in [9.17, 15) is 53.4 Å². The van der Waals surface area contributed by atoms with Crippen LogP contribution in [0, 0.1) is 23.7 Å². The van der Waals surface area contributed by atoms with Crippen molar-refractivity contribution in [3.8, 4) is 0 Å². The summed E-state index contributed by atoms with van der Waals surface area (Å²) in [4.78, 5) is 125. The van der Waals surface area contributed by atoms with Gasteiger partial charge in [0.1, 0.15) is 30.8 Å². The Morgan fingerprint density at radius 3 is 1.90 bits per heavy atom. The lowest BCUT2D eigenvalue weighted by Gasteiger charge is -2.41. The number of amides is 8. The molecular weight excluding hydrogens is 1060 g/mol. The van der Waals surface area contributed by atoms with Gasteiger partial charge in [0.15, 0.2) is 0 Å². The van der Waals surface area contributed by atoms with Crippen LogP contribution in [0.2, 0.25) is 0 Å². The van der Waals surface area contributed by atoms with Crippen molar-refractivity contribution in [1.29, 1.82) is 0 Å². The summed E-state index contributed by atoms with van der Waals surface area (Å²) in [5.41, 5.74) is 1.48. The molecule has 1 heterocycles. The summed E-state index contributed by atoms with van der Waals surface area (Å²) >= 11 is 0. The van der Waals surface area contributed by atoms with Gasteiger partial charge in [-0.05, 0) is 88.1 Å². The van der Waals surface area contributed by atoms with Gasteiger partial charge in [0.25, 0.3) is 0 Å². The van der Waals surface area contributed by atoms with Crippen LogP contribution in [0.4, 0.5) is 10.5 Å². The lowest BCUT2D eigenvalue weighted by molar-refractivity contribution is -0.148. The van der Waals surface area contributed by atoms with Crippen LogP contribution in [0.15, 0.2) is 54.6 Å². The first-order valence-electron chi connectivity index (χ1n) is 28.4. The van der Waals surface area contributed by atoms with E-state index in [1.165, 1.54) is 40.3 Å². The van der Waals surface area contributed by atoms with Crippen molar-refractivity contribution in [2.45, 2.75) is 181 Å². The van der Waals surface area contributed by atoms with E-state index in [2.05, 4.69) is 31.9 Å². The smallest absolute Gasteiger partial charge is 0.410 e. The van der Waals surface area contributed by atoms with Crippen LogP contribution in [-0.4, -0.2) is 181 Å². The minimum Gasteiger partial charge on any atom is -0.481 e. The molecule has 23 heteroatoms. The number of hydrogen-bond donors (Lipinski definition) is 8. The van der Waals surface area contributed by atoms with Crippen LogP contribution in [0.3, 0.4) is 0 Å². The highest BCUT2D eigenvalue weighted by Crippen LogP contribution is 2.30. The number of carboxylic acid groups (broad SMARTS) is 1. The Hall–Kier alpha value is -6.69. The molecule has 0 spiro atoms. The van der Waals surface area contributed by atoms with E-state index in [4.69, 9.17) is 14.2 Å². The Bertz CT molecular complexity index is 2430. The quantitative estimate of drug-likeness (QED) is 0.0514. The number of nitrogens with zero attached hydrogens (tertiary/aromatic N) is 3. The molecule has 2 aromatic carbocycles. The zero-order valence-electron chi connectivity index (χ0n) is 50.6. The molecule has 1 aliphatic heterocycles. The van der Waals surface area contributed by atoms with Crippen molar-refractivity contribution in [3.05, 3.63) is 65.7 Å². The molecule has 458 valence electrons. The zero-order chi connectivity index (χ0) is 61.7. The number of likely N-dealkylation sites (tertiary alicyclic amines) is 1. The van der Waals surface area contributed by atoms with Gasteiger partial charge in [-0.25, -0.2) is 4.79 Å². The zero-order valence-corrected chi connectivity index (χ0v) is 50.6. The minimum absolute atomic E-state index is 0.0864. The molecule has 0 aliphatic carbocycles. The summed E-state index contributed by atoms with van der Waals surface area (Å²) in [6, 6.07) is 8.63. The van der Waals surface area contributed by atoms with Gasteiger partial charge in [-0.2, -0.15) is 0 Å². The maximum Gasteiger partial charge on any atom is 0.410 e. The largest absolute Gasteiger partial charge is 0.481 e. The standard InChI is InChI=1S/C59H93N9O14/c1-16-35(6)50(45(80-14)31-46(69)68-30-20-23-44(68)52(81-15)36(7)53(73)61-37(8)51(72)41-21-18-17-19-22-41)66(12)58(78)48(33(2)3)65-57(77)49(34(4)5)67(13)59(79)82-32-40-24-26-42(27-25-40)63-56(76)43(28-29-47(70)71)64-55(75)39(10)62-54(74)38(9)60-11/h17-19,21-22,24-27,33-39,43-45,48-52,60,72H,16,20,23,28-32H2,1-15H3,(H,61,73)(H,62,74)(H,63,76)(H,64,75)(H,65,77)(H,70,71)/t35-,36+,37+,38+,39-,43-,44-,45+,48-,49-,50-,51+,52+/m0/s1. The molecule has 0 radical (unpaired) electrons. The van der Waals surface area contributed by atoms with Gasteiger partial charge >= 0.3 is 12.1 Å². The molecule has 8 N–H and O–H groups in total. The van der Waals surface area contributed by atoms with Crippen LogP contribution >= 0.6 is 0 Å². The summed E-state index contributed by atoms with van der Waals surface area (Å²) in [6.45, 7) is 17.8. The first-order valence-corrected chi connectivity index (χ1v) is 28.4. The second-order valence-corrected chi connectivity index (χ2v) is 22.2. The number of rotatable bonds is 32. The number of aliphatic hydroxyl groups excluding tert-OH is 1. The normalized spacial score (nSPS) is 17.7. The fourth-order valence-corrected chi connectivity index (χ4v) is 10.2. The SMILES string of the molecule is CC[C@H](C)[C@@H]([C@@H](CC(=O)N1CCC[C@H]1[C@H](OC)[C@@H](C)C(=O)N[C@H](C)[C@@H](O)c1ccccc1)OC)N(C)C(=O)[C@@H](NC(=O)[C@H](C(C)C)N(C)C(=O)OCc1ccc(NC(=O)[C@H](CCC(=O)O)NC(=O)[C@H](C)NC(=O)[C@@H](C)NC)cc1)C(C)C. The number of carbonyl (C=O) groups excluding carboxylic acids is 8. The van der Waals surface area contributed by atoms with Gasteiger partial charge in [-0.3, -0.25) is 43.3 Å². The van der Waals surface area contributed by atoms with Crippen LogP contribution in [0.25, 0.3) is 0 Å². The molecule has 0 unspecified atom stereocenters. The predicted octanol–water partition coefficient (Wildman–Crippen LogP) is 3.98. The van der Waals surface area contributed by atoms with Crippen LogP contribution in [0.5, 0.6) is 0 Å². The first-order chi connectivity index (χ1) is 38.6. The molecule has 13 atom stereocenters. The number of benzene rings is 2. The number of nitrogens with one attached hydrogen (secondary N) is 6. The van der Waals surface area contributed by atoms with Crippen LogP contribution in [-0.2, 0) is 59.2 Å². The number of carbonyl (C=O) groups is 9. The summed E-state index contributed by atoms with van der Waals surface area (Å²) in [6.07, 6.45) is -2.02. The second-order valence-electron chi connectivity index (χ2n) is 22.2. The third-order valence-corrected chi connectivity index (χ3v) is 15.5. The van der Waals surface area contributed by atoms with Gasteiger partial charge in [-0.1, -0.05) is 97.4 Å². The van der Waals surface area contributed by atoms with Crippen molar-refractivity contribution in [2.75, 3.05) is 47.2 Å². The molecule has 2 aromatic rings. The van der Waals surface area contributed by atoms with Crippen molar-refractivity contribution in [1.82, 2.24) is 41.3 Å². The molecule has 1 fully saturated rings. The first kappa shape index (κ1) is 69.6. The Morgan fingerprint density at radius 2 is 1.35 bits per heavy atom. The predicted molar refractivity (Wildman–Crippen MR) is 308 cm³/mol. The molecule has 23 nitrogen and oxygen atoms in total. The van der Waals surface area contributed by atoms with Gasteiger partial charge in [0.05, 0.1) is 54.8 Å². The van der Waals surface area contributed by atoms with Crippen molar-refractivity contribution >= 4 is 59.1 Å². The molecule has 3 rings (SSSR count). The van der Waals surface area contributed by atoms with E-state index in [1.807, 2.05) is 32.0 Å². The Balaban J connectivity index is 1.70. The molecule has 1 aliphatic rings. The molecular formula is C59H93N9O14. The van der Waals surface area contributed by atoms with Gasteiger partial charge in [-0.15, -0.1) is 0 Å². The Morgan fingerprint density at radius 1 is 0.732 bits per heavy atom. The van der Waals surface area contributed by atoms with Crippen LogP contribution < -0.4 is 31.9 Å². The molecule has 0 bridgehead atoms. The van der Waals surface area contributed by atoms with Crippen molar-refractivity contribution in [3.63, 3.8) is 0 Å². The summed E-state index contributed by atoms with van der Waals surface area (Å²) in [5.74, 6) is -6.27. The highest BCUT2D eigenvalue weighted by Gasteiger charge is 2.44. The maximum atomic E-state index is 14.7. The average Bonchev–Trinajstić information content (AvgIpc) is 4.09. The molecule has 0 saturated carbocycles. The molecule has 8 amide bonds. The van der Waals surface area contributed by atoms with E-state index >= 15 is 0 Å². The molecule has 1 saturated heterocycles. The lowest BCUT2D eigenvalue weighted by atomic mass is 9.89. The second kappa shape index (κ2) is 33.4. The average molecular weight is 1150 g/mol. The monoisotopic (exact) mass is 1150 g/mol. The number of anilines is 1. The summed E-state index contributed by atoms with van der Waals surface area (Å²) in [7, 11) is 7.65. The summed E-state index contributed by atoms with van der Waals surface area (Å²) < 4.78 is 17.6. The Kier molecular flexibility index (Phi) is 28.4. The van der Waals surface area contributed by atoms with E-state index in [1.54, 1.807) is 96.6 Å². The fraction of sp³-hybridized carbons (Fsp3) is 0.644. The lowest BCUT2D eigenvalue weighted by Crippen LogP contribution is -2.60. The fourth-order valence-electron chi connectivity index (χ4n) is 10.2. The summed E-state index contributed by atoms with van der Waals surface area (Å²) in [5, 5.41) is 36.6. The minimum atomic E-state index is -1.25. The topological polar surface area (TPSA) is 304 Å². The molecule has 0 aromatic heterocycles. The van der Waals surface area contributed by atoms with Crippen molar-refractivity contribution < 1.29 is 67.6 Å². The van der Waals surface area contributed by atoms with Gasteiger partial charge < -0.3 is 66.1 Å². The molecule has 82 heavy (non-hydrogen) atoms. The van der Waals surface area contributed by atoms with E-state index in [0.717, 1.165) is 4.90 Å². The van der Waals surface area contributed by atoms with E-state index in [0.29, 0.717) is 42.6 Å². The van der Waals surface area contributed by atoms with E-state index < -0.39 is 132 Å². The Labute approximate surface area is 484 Å².